The van der Waals surface area contributed by atoms with Crippen molar-refractivity contribution >= 4 is 17.7 Å². The average Bonchev–Trinajstić information content (AvgIpc) is 3.06. The predicted octanol–water partition coefficient (Wildman–Crippen LogP) is 3.55. The number of ether oxygens (including phenoxy) is 1. The maximum absolute atomic E-state index is 13.5. The van der Waals surface area contributed by atoms with E-state index >= 15 is 0 Å². The summed E-state index contributed by atoms with van der Waals surface area (Å²) in [5.41, 5.74) is 7.83. The minimum absolute atomic E-state index is 0.00115. The Morgan fingerprint density at radius 1 is 1.03 bits per heavy atom. The van der Waals surface area contributed by atoms with Crippen LogP contribution in [0.2, 0.25) is 0 Å². The lowest BCUT2D eigenvalue weighted by Crippen LogP contribution is -2.52. The molecule has 8 heteroatoms. The molecule has 34 heavy (non-hydrogen) atoms. The number of nitrogens with one attached hydrogen (secondary N) is 1. The first-order valence-corrected chi connectivity index (χ1v) is 12.5. The van der Waals surface area contributed by atoms with Crippen LogP contribution in [-0.2, 0) is 16.9 Å². The lowest BCUT2D eigenvalue weighted by molar-refractivity contribution is 0.0270. The summed E-state index contributed by atoms with van der Waals surface area (Å²) in [6.07, 6.45) is 2.21. The number of aromatic nitrogens is 1. The summed E-state index contributed by atoms with van der Waals surface area (Å²) >= 11 is 1.81. The van der Waals surface area contributed by atoms with Gasteiger partial charge in [-0.25, -0.2) is 4.68 Å². The van der Waals surface area contributed by atoms with Gasteiger partial charge in [0, 0.05) is 41.5 Å². The van der Waals surface area contributed by atoms with Crippen molar-refractivity contribution in [1.82, 2.24) is 9.58 Å². The van der Waals surface area contributed by atoms with Gasteiger partial charge < -0.3 is 20.2 Å². The van der Waals surface area contributed by atoms with Crippen LogP contribution in [0.1, 0.15) is 40.0 Å². The summed E-state index contributed by atoms with van der Waals surface area (Å²) in [5.74, 6) is -0.00912. The van der Waals surface area contributed by atoms with E-state index in [1.807, 2.05) is 30.0 Å². The van der Waals surface area contributed by atoms with Crippen molar-refractivity contribution in [2.24, 2.45) is 0 Å². The molecule has 0 radical (unpaired) electrons. The molecule has 2 aromatic carbocycles. The Labute approximate surface area is 201 Å². The normalized spacial score (nSPS) is 17.9. The van der Waals surface area contributed by atoms with Gasteiger partial charge in [0.15, 0.2) is 11.4 Å². The molecule has 7 nitrogen and oxygen atoms in total. The highest BCUT2D eigenvalue weighted by Crippen LogP contribution is 2.38. The zero-order valence-corrected chi connectivity index (χ0v) is 19.4. The fourth-order valence-electron chi connectivity index (χ4n) is 5.16. The van der Waals surface area contributed by atoms with E-state index in [2.05, 4.69) is 29.7 Å². The minimum atomic E-state index is -0.550. The molecule has 4 heterocycles. The molecule has 3 aliphatic heterocycles. The Morgan fingerprint density at radius 2 is 1.82 bits per heavy atom. The van der Waals surface area contributed by atoms with Crippen LogP contribution < -0.4 is 10.9 Å². The van der Waals surface area contributed by atoms with Gasteiger partial charge in [-0.2, -0.15) is 0 Å². The van der Waals surface area contributed by atoms with Crippen molar-refractivity contribution in [3.63, 3.8) is 0 Å². The van der Waals surface area contributed by atoms with Gasteiger partial charge in [-0.1, -0.05) is 36.4 Å². The van der Waals surface area contributed by atoms with Crippen LogP contribution in [0.4, 0.5) is 0 Å². The van der Waals surface area contributed by atoms with Crippen LogP contribution in [0.5, 0.6) is 5.75 Å². The third kappa shape index (κ3) is 3.49. The van der Waals surface area contributed by atoms with E-state index in [0.717, 1.165) is 36.1 Å². The highest BCUT2D eigenvalue weighted by atomic mass is 32.2. The Hall–Kier alpha value is -3.23. The molecule has 3 aromatic rings. The van der Waals surface area contributed by atoms with Crippen molar-refractivity contribution < 1.29 is 14.6 Å². The van der Waals surface area contributed by atoms with E-state index in [1.54, 1.807) is 9.58 Å². The van der Waals surface area contributed by atoms with Crippen molar-refractivity contribution in [1.29, 1.82) is 0 Å². The van der Waals surface area contributed by atoms with Crippen LogP contribution >= 0.6 is 11.8 Å². The standard InChI is InChI=1S/C26H25N3O4S/c30-22-13-21(19-6-3-5-17-14-34-23-7-2-1-4-16(23)12-20(17)19)29-24(25(22)31)26(32)28(15-27-29)18-8-10-33-11-9-18/h1-7,13,18,27,31H,8-12,14-15H2. The molecule has 0 spiro atoms. The van der Waals surface area contributed by atoms with Crippen molar-refractivity contribution in [2.75, 3.05) is 25.3 Å². The molecule has 0 aliphatic carbocycles. The monoisotopic (exact) mass is 475 g/mol. The maximum Gasteiger partial charge on any atom is 0.278 e. The number of carbonyl (C=O) groups excluding carboxylic acids is 1. The van der Waals surface area contributed by atoms with Gasteiger partial charge in [0.2, 0.25) is 5.43 Å². The summed E-state index contributed by atoms with van der Waals surface area (Å²) in [6.45, 7) is 1.51. The SMILES string of the molecule is O=C1c2c(O)c(=O)cc(-c3cccc4c3Cc3ccccc3SC4)n2NCN1C1CCOCC1. The molecule has 0 saturated carbocycles. The van der Waals surface area contributed by atoms with Crippen molar-refractivity contribution in [3.8, 4) is 17.0 Å². The van der Waals surface area contributed by atoms with E-state index in [-0.39, 0.29) is 17.6 Å². The first-order valence-electron chi connectivity index (χ1n) is 11.6. The highest BCUT2D eigenvalue weighted by Gasteiger charge is 2.35. The van der Waals surface area contributed by atoms with Crippen LogP contribution in [0.25, 0.3) is 11.3 Å². The predicted molar refractivity (Wildman–Crippen MR) is 131 cm³/mol. The number of benzene rings is 2. The molecular formula is C26H25N3O4S. The number of rotatable bonds is 2. The number of amides is 1. The molecule has 0 bridgehead atoms. The third-order valence-electron chi connectivity index (χ3n) is 6.96. The Kier molecular flexibility index (Phi) is 5.34. The van der Waals surface area contributed by atoms with Crippen molar-refractivity contribution in [3.05, 3.63) is 81.1 Å². The average molecular weight is 476 g/mol. The van der Waals surface area contributed by atoms with E-state index in [4.69, 9.17) is 4.74 Å². The first-order chi connectivity index (χ1) is 16.6. The Morgan fingerprint density at radius 3 is 2.68 bits per heavy atom. The van der Waals surface area contributed by atoms with Gasteiger partial charge in [0.05, 0.1) is 5.69 Å². The van der Waals surface area contributed by atoms with E-state index in [1.165, 1.54) is 22.1 Å². The second-order valence-corrected chi connectivity index (χ2v) is 9.89. The fraction of sp³-hybridized carbons (Fsp3) is 0.308. The Balaban J connectivity index is 1.48. The maximum atomic E-state index is 13.5. The number of thioether (sulfide) groups is 1. The summed E-state index contributed by atoms with van der Waals surface area (Å²) in [5, 5.41) is 10.7. The third-order valence-corrected chi connectivity index (χ3v) is 8.12. The van der Waals surface area contributed by atoms with Gasteiger partial charge >= 0.3 is 0 Å². The number of hydrogen-bond acceptors (Lipinski definition) is 6. The molecule has 1 amide bonds. The van der Waals surface area contributed by atoms with Crippen LogP contribution in [0, 0.1) is 0 Å². The fourth-order valence-corrected chi connectivity index (χ4v) is 6.24. The van der Waals surface area contributed by atoms with Gasteiger partial charge in [-0.15, -0.1) is 11.8 Å². The first kappa shape index (κ1) is 21.3. The molecule has 1 aromatic heterocycles. The van der Waals surface area contributed by atoms with Crippen molar-refractivity contribution in [2.45, 2.75) is 36.0 Å². The minimum Gasteiger partial charge on any atom is -0.502 e. The van der Waals surface area contributed by atoms with Crippen LogP contribution in [-0.4, -0.2) is 46.5 Å². The largest absolute Gasteiger partial charge is 0.502 e. The smallest absolute Gasteiger partial charge is 0.278 e. The summed E-state index contributed by atoms with van der Waals surface area (Å²) in [6, 6.07) is 15.9. The summed E-state index contributed by atoms with van der Waals surface area (Å²) in [4.78, 5) is 29.3. The molecule has 1 fully saturated rings. The number of pyridine rings is 1. The van der Waals surface area contributed by atoms with Crippen LogP contribution in [0.15, 0.2) is 58.2 Å². The lowest BCUT2D eigenvalue weighted by atomic mass is 9.93. The quantitative estimate of drug-likeness (QED) is 0.590. The molecule has 2 N–H and O–H groups in total. The molecular weight excluding hydrogens is 450 g/mol. The number of hydrogen-bond donors (Lipinski definition) is 2. The lowest BCUT2D eigenvalue weighted by Gasteiger charge is -2.39. The molecule has 1 saturated heterocycles. The van der Waals surface area contributed by atoms with Gasteiger partial charge in [-0.3, -0.25) is 9.59 Å². The summed E-state index contributed by atoms with van der Waals surface area (Å²) in [7, 11) is 0. The van der Waals surface area contributed by atoms with E-state index in [0.29, 0.717) is 25.6 Å². The zero-order chi connectivity index (χ0) is 23.2. The van der Waals surface area contributed by atoms with Gasteiger partial charge in [-0.05, 0) is 42.0 Å². The molecule has 6 rings (SSSR count). The second-order valence-electron chi connectivity index (χ2n) is 8.88. The highest BCUT2D eigenvalue weighted by molar-refractivity contribution is 7.98. The number of aromatic hydroxyl groups is 1. The molecule has 174 valence electrons. The second kappa shape index (κ2) is 8.52. The summed E-state index contributed by atoms with van der Waals surface area (Å²) < 4.78 is 7.04. The molecule has 3 aliphatic rings. The molecule has 0 atom stereocenters. The number of fused-ring (bicyclic) bond motifs is 3. The van der Waals surface area contributed by atoms with E-state index < -0.39 is 11.2 Å². The van der Waals surface area contributed by atoms with Gasteiger partial charge in [0.1, 0.15) is 6.67 Å². The number of nitrogens with zero attached hydrogens (tertiary/aromatic N) is 2. The van der Waals surface area contributed by atoms with E-state index in [9.17, 15) is 14.7 Å². The Bertz CT molecular complexity index is 1350. The van der Waals surface area contributed by atoms with Gasteiger partial charge in [0.25, 0.3) is 5.91 Å². The zero-order valence-electron chi connectivity index (χ0n) is 18.6. The molecule has 0 unspecified atom stereocenters. The topological polar surface area (TPSA) is 83.8 Å². The number of carbonyl (C=O) groups is 1. The van der Waals surface area contributed by atoms with Crippen LogP contribution in [0.3, 0.4) is 0 Å².